The van der Waals surface area contributed by atoms with E-state index in [2.05, 4.69) is 20.9 Å². The molecule has 0 atom stereocenters. The van der Waals surface area contributed by atoms with Gasteiger partial charge in [-0.05, 0) is 12.1 Å². The molecule has 7 nitrogen and oxygen atoms in total. The maximum Gasteiger partial charge on any atom is 0.339 e. The molecule has 1 aromatic heterocycles. The molecule has 8 heteroatoms. The molecule has 0 saturated heterocycles. The molecule has 1 heterocycles. The van der Waals surface area contributed by atoms with Crippen molar-refractivity contribution in [1.29, 1.82) is 0 Å². The number of nitro benzene ring substituents is 1. The fraction of sp³-hybridized carbons (Fsp3) is 0. The third-order valence-electron chi connectivity index (χ3n) is 2.35. The number of carboxylic acids is 1. The van der Waals surface area contributed by atoms with Crippen molar-refractivity contribution in [3.8, 4) is 11.5 Å². The number of nitrogens with zero attached hydrogens (tertiary/aromatic N) is 2. The number of benzene rings is 1. The summed E-state index contributed by atoms with van der Waals surface area (Å²) in [5.41, 5.74) is -0.400. The lowest BCUT2D eigenvalue weighted by molar-refractivity contribution is -0.385. The molecule has 2 rings (SSSR count). The Hall–Kier alpha value is -2.48. The van der Waals surface area contributed by atoms with Gasteiger partial charge >= 0.3 is 11.7 Å². The molecule has 0 aliphatic heterocycles. The second kappa shape index (κ2) is 5.66. The molecule has 1 aromatic carbocycles. The van der Waals surface area contributed by atoms with Crippen LogP contribution in [0.4, 0.5) is 5.69 Å². The first-order valence-corrected chi connectivity index (χ1v) is 6.07. The van der Waals surface area contributed by atoms with Gasteiger partial charge in [-0.25, -0.2) is 4.79 Å². The van der Waals surface area contributed by atoms with Crippen molar-refractivity contribution in [2.75, 3.05) is 0 Å². The molecule has 0 amide bonds. The van der Waals surface area contributed by atoms with Gasteiger partial charge in [0.1, 0.15) is 5.56 Å². The van der Waals surface area contributed by atoms with Crippen LogP contribution in [0.2, 0.25) is 0 Å². The summed E-state index contributed by atoms with van der Waals surface area (Å²) in [5, 5.41) is 19.9. The molecule has 102 valence electrons. The lowest BCUT2D eigenvalue weighted by atomic mass is 10.2. The van der Waals surface area contributed by atoms with Gasteiger partial charge in [-0.1, -0.05) is 15.9 Å². The summed E-state index contributed by atoms with van der Waals surface area (Å²) in [6, 6.07) is 5.39. The highest BCUT2D eigenvalue weighted by molar-refractivity contribution is 9.10. The Bertz CT molecular complexity index is 689. The van der Waals surface area contributed by atoms with Gasteiger partial charge < -0.3 is 9.84 Å². The number of hydrogen-bond acceptors (Lipinski definition) is 5. The van der Waals surface area contributed by atoms with Crippen LogP contribution in [0.25, 0.3) is 0 Å². The Morgan fingerprint density at radius 3 is 2.75 bits per heavy atom. The number of carboxylic acid groups (broad SMARTS) is 1. The molecule has 20 heavy (non-hydrogen) atoms. The number of rotatable bonds is 4. The van der Waals surface area contributed by atoms with Crippen LogP contribution in [0.15, 0.2) is 41.1 Å². The lowest BCUT2D eigenvalue weighted by Gasteiger charge is -2.08. The molecule has 0 aliphatic rings. The lowest BCUT2D eigenvalue weighted by Crippen LogP contribution is -2.01. The molecule has 0 fully saturated rings. The molecule has 0 aliphatic carbocycles. The van der Waals surface area contributed by atoms with Gasteiger partial charge in [0.05, 0.1) is 11.1 Å². The summed E-state index contributed by atoms with van der Waals surface area (Å²) >= 11 is 3.17. The van der Waals surface area contributed by atoms with E-state index < -0.39 is 10.9 Å². The van der Waals surface area contributed by atoms with Crippen LogP contribution in [0, 0.1) is 10.1 Å². The Balaban J connectivity index is 2.47. The van der Waals surface area contributed by atoms with Gasteiger partial charge in [-0.15, -0.1) is 0 Å². The van der Waals surface area contributed by atoms with Gasteiger partial charge in [-0.2, -0.15) is 0 Å². The van der Waals surface area contributed by atoms with Gasteiger partial charge in [0.15, 0.2) is 5.75 Å². The molecule has 0 spiro atoms. The minimum absolute atomic E-state index is 0.0683. The molecule has 2 aromatic rings. The van der Waals surface area contributed by atoms with E-state index in [1.165, 1.54) is 36.7 Å². The SMILES string of the molecule is O=C(O)c1ccncc1Oc1cc(Br)ccc1[N+](=O)[O-]. The summed E-state index contributed by atoms with van der Waals surface area (Å²) in [6.07, 6.45) is 2.49. The van der Waals surface area contributed by atoms with E-state index in [0.717, 1.165) is 0 Å². The normalized spacial score (nSPS) is 10.1. The van der Waals surface area contributed by atoms with Crippen LogP contribution in [0.5, 0.6) is 11.5 Å². The minimum Gasteiger partial charge on any atom is -0.478 e. The third kappa shape index (κ3) is 2.91. The highest BCUT2D eigenvalue weighted by Crippen LogP contribution is 2.34. The van der Waals surface area contributed by atoms with Crippen molar-refractivity contribution in [1.82, 2.24) is 4.98 Å². The van der Waals surface area contributed by atoms with Gasteiger partial charge in [0.2, 0.25) is 5.75 Å². The zero-order valence-corrected chi connectivity index (χ0v) is 11.4. The van der Waals surface area contributed by atoms with Crippen LogP contribution < -0.4 is 4.74 Å². The maximum atomic E-state index is 11.0. The third-order valence-corrected chi connectivity index (χ3v) is 2.85. The molecule has 0 saturated carbocycles. The number of halogens is 1. The van der Waals surface area contributed by atoms with E-state index in [-0.39, 0.29) is 22.7 Å². The summed E-state index contributed by atoms with van der Waals surface area (Å²) in [7, 11) is 0. The smallest absolute Gasteiger partial charge is 0.339 e. The molecule has 0 bridgehead atoms. The van der Waals surface area contributed by atoms with Crippen molar-refractivity contribution in [2.24, 2.45) is 0 Å². The number of hydrogen-bond donors (Lipinski definition) is 1. The van der Waals surface area contributed by atoms with Gasteiger partial charge in [0.25, 0.3) is 0 Å². The molecule has 0 unspecified atom stereocenters. The Labute approximate surface area is 121 Å². The molecular weight excluding hydrogens is 332 g/mol. The van der Waals surface area contributed by atoms with E-state index >= 15 is 0 Å². The predicted molar refractivity (Wildman–Crippen MR) is 72.1 cm³/mol. The molecular formula is C12H7BrN2O5. The zero-order chi connectivity index (χ0) is 14.7. The first kappa shape index (κ1) is 13.9. The maximum absolute atomic E-state index is 11.0. The minimum atomic E-state index is -1.21. The van der Waals surface area contributed by atoms with Crippen LogP contribution in [-0.4, -0.2) is 21.0 Å². The van der Waals surface area contributed by atoms with Crippen LogP contribution in [0.1, 0.15) is 10.4 Å². The van der Waals surface area contributed by atoms with Crippen LogP contribution >= 0.6 is 15.9 Å². The fourth-order valence-corrected chi connectivity index (χ4v) is 1.82. The van der Waals surface area contributed by atoms with Crippen molar-refractivity contribution in [3.05, 3.63) is 56.8 Å². The number of pyridine rings is 1. The van der Waals surface area contributed by atoms with Crippen molar-refractivity contribution in [2.45, 2.75) is 0 Å². The summed E-state index contributed by atoms with van der Waals surface area (Å²) < 4.78 is 5.90. The van der Waals surface area contributed by atoms with E-state index in [9.17, 15) is 14.9 Å². The highest BCUT2D eigenvalue weighted by Gasteiger charge is 2.19. The molecule has 1 N–H and O–H groups in total. The first-order chi connectivity index (χ1) is 9.49. The molecule has 0 radical (unpaired) electrons. The zero-order valence-electron chi connectivity index (χ0n) is 9.82. The van der Waals surface area contributed by atoms with E-state index in [4.69, 9.17) is 9.84 Å². The average molecular weight is 339 g/mol. The first-order valence-electron chi connectivity index (χ1n) is 5.28. The van der Waals surface area contributed by atoms with Crippen molar-refractivity contribution < 1.29 is 19.6 Å². The topological polar surface area (TPSA) is 103 Å². The Kier molecular flexibility index (Phi) is 3.94. The standard InChI is InChI=1S/C12H7BrN2O5/c13-7-1-2-9(15(18)19)10(5-7)20-11-6-14-4-3-8(11)12(16)17/h1-6H,(H,16,17). The Morgan fingerprint density at radius 2 is 2.10 bits per heavy atom. The highest BCUT2D eigenvalue weighted by atomic mass is 79.9. The quantitative estimate of drug-likeness (QED) is 0.678. The predicted octanol–water partition coefficient (Wildman–Crippen LogP) is 3.24. The summed E-state index contributed by atoms with van der Waals surface area (Å²) in [6.45, 7) is 0. The largest absolute Gasteiger partial charge is 0.478 e. The number of nitro groups is 1. The van der Waals surface area contributed by atoms with E-state index in [1.54, 1.807) is 0 Å². The van der Waals surface area contributed by atoms with E-state index in [0.29, 0.717) is 4.47 Å². The fourth-order valence-electron chi connectivity index (χ4n) is 1.48. The van der Waals surface area contributed by atoms with Crippen LogP contribution in [0.3, 0.4) is 0 Å². The van der Waals surface area contributed by atoms with Crippen molar-refractivity contribution >= 4 is 27.6 Å². The second-order valence-corrected chi connectivity index (χ2v) is 4.56. The number of ether oxygens (including phenoxy) is 1. The van der Waals surface area contributed by atoms with E-state index in [1.807, 2.05) is 0 Å². The number of carbonyl (C=O) groups is 1. The van der Waals surface area contributed by atoms with Gasteiger partial charge in [0, 0.05) is 22.8 Å². The Morgan fingerprint density at radius 1 is 1.35 bits per heavy atom. The van der Waals surface area contributed by atoms with Crippen molar-refractivity contribution in [3.63, 3.8) is 0 Å². The second-order valence-electron chi connectivity index (χ2n) is 3.65. The number of aromatic carboxylic acids is 1. The average Bonchev–Trinajstić information content (AvgIpc) is 2.38. The summed E-state index contributed by atoms with van der Waals surface area (Å²) in [4.78, 5) is 25.1. The van der Waals surface area contributed by atoms with Gasteiger partial charge in [-0.3, -0.25) is 15.1 Å². The van der Waals surface area contributed by atoms with Crippen LogP contribution in [-0.2, 0) is 0 Å². The number of aromatic nitrogens is 1. The summed E-state index contributed by atoms with van der Waals surface area (Å²) in [5.74, 6) is -1.35. The monoisotopic (exact) mass is 338 g/mol.